The van der Waals surface area contributed by atoms with Crippen molar-refractivity contribution in [3.05, 3.63) is 0 Å². The first-order chi connectivity index (χ1) is 8.05. The van der Waals surface area contributed by atoms with Crippen LogP contribution >= 0.6 is 12.4 Å². The first-order valence-corrected chi connectivity index (χ1v) is 7.16. The van der Waals surface area contributed by atoms with Gasteiger partial charge in [-0.1, -0.05) is 0 Å². The average Bonchev–Trinajstić information content (AvgIpc) is 2.25. The summed E-state index contributed by atoms with van der Waals surface area (Å²) in [6.45, 7) is 12.5. The Kier molecular flexibility index (Phi) is 6.39. The Labute approximate surface area is 118 Å². The van der Waals surface area contributed by atoms with Gasteiger partial charge in [-0.25, -0.2) is 0 Å². The van der Waals surface area contributed by atoms with E-state index in [9.17, 15) is 0 Å². The van der Waals surface area contributed by atoms with Crippen molar-refractivity contribution in [2.24, 2.45) is 5.92 Å². The second kappa shape index (κ2) is 7.09. The molecule has 0 aromatic heterocycles. The molecule has 2 fully saturated rings. The lowest BCUT2D eigenvalue weighted by Gasteiger charge is -2.42. The predicted octanol–water partition coefficient (Wildman–Crippen LogP) is 2.30. The zero-order valence-corrected chi connectivity index (χ0v) is 12.9. The second-order valence-corrected chi connectivity index (χ2v) is 6.41. The molecule has 3 nitrogen and oxygen atoms in total. The van der Waals surface area contributed by atoms with Crippen LogP contribution in [0, 0.1) is 5.92 Å². The summed E-state index contributed by atoms with van der Waals surface area (Å²) in [4.78, 5) is 2.59. The van der Waals surface area contributed by atoms with Crippen molar-refractivity contribution in [2.45, 2.75) is 51.7 Å². The number of nitrogens with zero attached hydrogens (tertiary/aromatic N) is 1. The molecule has 0 saturated carbocycles. The minimum atomic E-state index is 0. The molecule has 1 N–H and O–H groups in total. The van der Waals surface area contributed by atoms with Gasteiger partial charge in [0.15, 0.2) is 0 Å². The Morgan fingerprint density at radius 2 is 1.94 bits per heavy atom. The number of halogens is 1. The van der Waals surface area contributed by atoms with Crippen LogP contribution in [0.4, 0.5) is 0 Å². The Bertz CT molecular complexity index is 242. The Balaban J connectivity index is 0.00000162. The van der Waals surface area contributed by atoms with Gasteiger partial charge in [0.2, 0.25) is 0 Å². The van der Waals surface area contributed by atoms with E-state index in [1.165, 1.54) is 38.9 Å². The van der Waals surface area contributed by atoms with Gasteiger partial charge in [-0.15, -0.1) is 12.4 Å². The minimum Gasteiger partial charge on any atom is -0.370 e. The lowest BCUT2D eigenvalue weighted by atomic mass is 9.94. The van der Waals surface area contributed by atoms with E-state index in [0.29, 0.717) is 6.10 Å². The van der Waals surface area contributed by atoms with Gasteiger partial charge < -0.3 is 10.1 Å². The van der Waals surface area contributed by atoms with Crippen LogP contribution in [0.25, 0.3) is 0 Å². The molecule has 18 heavy (non-hydrogen) atoms. The Hall–Kier alpha value is 0.170. The third kappa shape index (κ3) is 5.04. The van der Waals surface area contributed by atoms with Crippen molar-refractivity contribution in [1.82, 2.24) is 10.2 Å². The molecule has 1 unspecified atom stereocenters. The van der Waals surface area contributed by atoms with E-state index in [0.717, 1.165) is 19.0 Å². The maximum Gasteiger partial charge on any atom is 0.0757 e. The van der Waals surface area contributed by atoms with Gasteiger partial charge in [0.25, 0.3) is 0 Å². The summed E-state index contributed by atoms with van der Waals surface area (Å²) in [5.41, 5.74) is 0.0335. The topological polar surface area (TPSA) is 24.5 Å². The van der Waals surface area contributed by atoms with Crippen LogP contribution in [0.5, 0.6) is 0 Å². The molecule has 0 aliphatic carbocycles. The smallest absolute Gasteiger partial charge is 0.0757 e. The first-order valence-electron chi connectivity index (χ1n) is 7.16. The number of nitrogens with one attached hydrogen (secondary N) is 1. The molecule has 2 saturated heterocycles. The fourth-order valence-corrected chi connectivity index (χ4v) is 3.29. The highest BCUT2D eigenvalue weighted by Crippen LogP contribution is 2.23. The van der Waals surface area contributed by atoms with Crippen molar-refractivity contribution in [2.75, 3.05) is 32.7 Å². The van der Waals surface area contributed by atoms with E-state index in [1.807, 2.05) is 0 Å². The van der Waals surface area contributed by atoms with Crippen molar-refractivity contribution in [3.8, 4) is 0 Å². The summed E-state index contributed by atoms with van der Waals surface area (Å²) in [7, 11) is 0. The highest BCUT2D eigenvalue weighted by Gasteiger charge is 2.31. The number of hydrogen-bond donors (Lipinski definition) is 1. The van der Waals surface area contributed by atoms with E-state index in [1.54, 1.807) is 0 Å². The number of ether oxygens (including phenoxy) is 1. The van der Waals surface area contributed by atoms with Crippen LogP contribution < -0.4 is 5.32 Å². The maximum atomic E-state index is 5.94. The van der Waals surface area contributed by atoms with Crippen molar-refractivity contribution in [3.63, 3.8) is 0 Å². The summed E-state index contributed by atoms with van der Waals surface area (Å²) in [5, 5.41) is 3.44. The third-order valence-corrected chi connectivity index (χ3v) is 3.95. The lowest BCUT2D eigenvalue weighted by molar-refractivity contribution is -0.129. The molecule has 0 bridgehead atoms. The van der Waals surface area contributed by atoms with Crippen LogP contribution in [0.15, 0.2) is 0 Å². The van der Waals surface area contributed by atoms with Gasteiger partial charge >= 0.3 is 0 Å². The zero-order valence-electron chi connectivity index (χ0n) is 12.1. The minimum absolute atomic E-state index is 0. The molecule has 2 heterocycles. The monoisotopic (exact) mass is 276 g/mol. The molecule has 2 aliphatic rings. The standard InChI is InChI=1S/C14H28N2O.ClH/c1-12-10-16(11-14(2,3)17-12)9-6-13-4-7-15-8-5-13;/h12-13,15H,4-11H2,1-3H3;1H. The van der Waals surface area contributed by atoms with Gasteiger partial charge in [-0.05, 0) is 65.6 Å². The molecule has 2 aliphatic heterocycles. The van der Waals surface area contributed by atoms with E-state index < -0.39 is 0 Å². The van der Waals surface area contributed by atoms with Crippen LogP contribution in [-0.4, -0.2) is 49.3 Å². The molecule has 0 spiro atoms. The lowest BCUT2D eigenvalue weighted by Crippen LogP contribution is -2.52. The zero-order chi connectivity index (χ0) is 12.3. The summed E-state index contributed by atoms with van der Waals surface area (Å²) in [5.74, 6) is 0.942. The fourth-order valence-electron chi connectivity index (χ4n) is 3.29. The number of piperidine rings is 1. The van der Waals surface area contributed by atoms with E-state index in [-0.39, 0.29) is 18.0 Å². The predicted molar refractivity (Wildman–Crippen MR) is 78.5 cm³/mol. The molecule has 0 amide bonds. The van der Waals surface area contributed by atoms with Gasteiger partial charge in [0.05, 0.1) is 11.7 Å². The van der Waals surface area contributed by atoms with Gasteiger partial charge in [-0.3, -0.25) is 4.90 Å². The molecule has 0 radical (unpaired) electrons. The summed E-state index contributed by atoms with van der Waals surface area (Å²) in [6, 6.07) is 0. The number of rotatable bonds is 3. The van der Waals surface area contributed by atoms with E-state index in [4.69, 9.17) is 4.74 Å². The molecule has 2 rings (SSSR count). The number of hydrogen-bond acceptors (Lipinski definition) is 3. The molecular formula is C14H29ClN2O. The van der Waals surface area contributed by atoms with Crippen LogP contribution in [0.2, 0.25) is 0 Å². The quantitative estimate of drug-likeness (QED) is 0.856. The first kappa shape index (κ1) is 16.2. The van der Waals surface area contributed by atoms with Gasteiger partial charge in [0.1, 0.15) is 0 Å². The van der Waals surface area contributed by atoms with Crippen LogP contribution in [-0.2, 0) is 4.74 Å². The maximum absolute atomic E-state index is 5.94. The molecular weight excluding hydrogens is 248 g/mol. The molecule has 0 aromatic rings. The highest BCUT2D eigenvalue weighted by atomic mass is 35.5. The van der Waals surface area contributed by atoms with Crippen LogP contribution in [0.1, 0.15) is 40.0 Å². The summed E-state index contributed by atoms with van der Waals surface area (Å²) < 4.78 is 5.94. The summed E-state index contributed by atoms with van der Waals surface area (Å²) >= 11 is 0. The number of morpholine rings is 1. The highest BCUT2D eigenvalue weighted by molar-refractivity contribution is 5.85. The van der Waals surface area contributed by atoms with Gasteiger partial charge in [-0.2, -0.15) is 0 Å². The van der Waals surface area contributed by atoms with Gasteiger partial charge in [0, 0.05) is 13.1 Å². The molecule has 4 heteroatoms. The molecule has 0 aromatic carbocycles. The average molecular weight is 277 g/mol. The van der Waals surface area contributed by atoms with Crippen LogP contribution in [0.3, 0.4) is 0 Å². The molecule has 1 atom stereocenters. The van der Waals surface area contributed by atoms with Crippen molar-refractivity contribution < 1.29 is 4.74 Å². The Morgan fingerprint density at radius 3 is 2.56 bits per heavy atom. The second-order valence-electron chi connectivity index (χ2n) is 6.41. The van der Waals surface area contributed by atoms with E-state index in [2.05, 4.69) is 31.0 Å². The van der Waals surface area contributed by atoms with E-state index >= 15 is 0 Å². The largest absolute Gasteiger partial charge is 0.370 e. The van der Waals surface area contributed by atoms with Crippen molar-refractivity contribution >= 4 is 12.4 Å². The SMILES string of the molecule is CC1CN(CCC2CCNCC2)CC(C)(C)O1.Cl. The Morgan fingerprint density at radius 1 is 1.28 bits per heavy atom. The molecule has 108 valence electrons. The fraction of sp³-hybridized carbons (Fsp3) is 1.00. The summed E-state index contributed by atoms with van der Waals surface area (Å²) in [6.07, 6.45) is 4.48. The van der Waals surface area contributed by atoms with Crippen molar-refractivity contribution in [1.29, 1.82) is 0 Å². The normalized spacial score (nSPS) is 29.8. The third-order valence-electron chi connectivity index (χ3n) is 3.95.